The zero-order chi connectivity index (χ0) is 14.8. The van der Waals surface area contributed by atoms with Gasteiger partial charge in [-0.15, -0.1) is 24.8 Å². The fourth-order valence-electron chi connectivity index (χ4n) is 4.10. The van der Waals surface area contributed by atoms with Crippen LogP contribution in [0, 0.1) is 16.7 Å². The normalized spacial score (nSPS) is 27.6. The maximum atomic E-state index is 12.8. The molecule has 0 bridgehead atoms. The highest BCUT2D eigenvalue weighted by Gasteiger charge is 2.49. The Labute approximate surface area is 148 Å². The summed E-state index contributed by atoms with van der Waals surface area (Å²) in [5.41, 5.74) is -0.00154. The van der Waals surface area contributed by atoms with Crippen molar-refractivity contribution in [1.82, 2.24) is 15.5 Å². The maximum Gasteiger partial charge on any atom is 0.227 e. The molecule has 2 N–H and O–H groups in total. The average Bonchev–Trinajstić information content (AvgIpc) is 2.79. The summed E-state index contributed by atoms with van der Waals surface area (Å²) in [6.45, 7) is 8.08. The van der Waals surface area contributed by atoms with Crippen LogP contribution in [-0.4, -0.2) is 51.1 Å². The van der Waals surface area contributed by atoms with E-state index in [-0.39, 0.29) is 35.6 Å². The van der Waals surface area contributed by atoms with Gasteiger partial charge in [0, 0.05) is 19.6 Å². The summed E-state index contributed by atoms with van der Waals surface area (Å²) in [6.07, 6.45) is 4.76. The molecule has 2 rings (SSSR count). The van der Waals surface area contributed by atoms with Crippen molar-refractivity contribution < 1.29 is 4.79 Å². The lowest BCUT2D eigenvalue weighted by molar-refractivity contribution is -0.134. The van der Waals surface area contributed by atoms with Gasteiger partial charge in [-0.05, 0) is 44.8 Å². The lowest BCUT2D eigenvalue weighted by atomic mass is 9.67. The summed E-state index contributed by atoms with van der Waals surface area (Å²) in [7, 11) is 4.17. The molecular formula is C16H33Cl2N3O. The third-order valence-corrected chi connectivity index (χ3v) is 4.96. The first-order chi connectivity index (χ1) is 9.36. The fraction of sp³-hybridized carbons (Fsp3) is 0.938. The predicted molar refractivity (Wildman–Crippen MR) is 97.1 cm³/mol. The molecule has 132 valence electrons. The van der Waals surface area contributed by atoms with Crippen LogP contribution in [0.1, 0.15) is 39.5 Å². The molecule has 0 aromatic heterocycles. The van der Waals surface area contributed by atoms with E-state index in [4.69, 9.17) is 0 Å². The first-order valence-electron chi connectivity index (χ1n) is 7.99. The number of hydrogen-bond acceptors (Lipinski definition) is 3. The minimum absolute atomic E-state index is 0. The molecule has 0 spiro atoms. The highest BCUT2D eigenvalue weighted by atomic mass is 35.5. The molecule has 2 aliphatic rings. The van der Waals surface area contributed by atoms with E-state index in [0.717, 1.165) is 32.6 Å². The van der Waals surface area contributed by atoms with Gasteiger partial charge in [0.1, 0.15) is 0 Å². The summed E-state index contributed by atoms with van der Waals surface area (Å²) < 4.78 is 0. The van der Waals surface area contributed by atoms with Crippen LogP contribution >= 0.6 is 24.8 Å². The fourth-order valence-corrected chi connectivity index (χ4v) is 4.10. The summed E-state index contributed by atoms with van der Waals surface area (Å²) in [4.78, 5) is 15.0. The van der Waals surface area contributed by atoms with Gasteiger partial charge < -0.3 is 15.5 Å². The first-order valence-corrected chi connectivity index (χ1v) is 7.99. The Kier molecular flexibility index (Phi) is 8.71. The second-order valence-corrected chi connectivity index (χ2v) is 7.81. The number of carbonyl (C=O) groups is 1. The van der Waals surface area contributed by atoms with Crippen LogP contribution < -0.4 is 10.6 Å². The second-order valence-electron chi connectivity index (χ2n) is 7.81. The highest BCUT2D eigenvalue weighted by Crippen LogP contribution is 2.43. The van der Waals surface area contributed by atoms with Gasteiger partial charge in [-0.25, -0.2) is 0 Å². The summed E-state index contributed by atoms with van der Waals surface area (Å²) in [5.74, 6) is 0.840. The van der Waals surface area contributed by atoms with Crippen LogP contribution in [0.4, 0.5) is 0 Å². The van der Waals surface area contributed by atoms with Gasteiger partial charge in [-0.1, -0.05) is 26.7 Å². The van der Waals surface area contributed by atoms with Crippen LogP contribution in [0.25, 0.3) is 0 Å². The summed E-state index contributed by atoms with van der Waals surface area (Å²) in [5, 5.41) is 6.70. The van der Waals surface area contributed by atoms with Crippen molar-refractivity contribution in [3.8, 4) is 0 Å². The molecule has 2 atom stereocenters. The number of halogens is 2. The van der Waals surface area contributed by atoms with Crippen LogP contribution in [0.5, 0.6) is 0 Å². The first kappa shape index (κ1) is 22.0. The molecule has 1 amide bonds. The lowest BCUT2D eigenvalue weighted by Crippen LogP contribution is -2.50. The third kappa shape index (κ3) is 4.98. The Morgan fingerprint density at radius 2 is 2.00 bits per heavy atom. The smallest absolute Gasteiger partial charge is 0.227 e. The molecule has 1 aliphatic carbocycles. The Morgan fingerprint density at radius 3 is 2.64 bits per heavy atom. The Bertz CT molecular complexity index is 363. The highest BCUT2D eigenvalue weighted by molar-refractivity contribution is 5.85. The van der Waals surface area contributed by atoms with Crippen molar-refractivity contribution >= 4 is 30.7 Å². The standard InChI is InChI=1S/C16H31N3O.2ClH/c1-15(2,12-19(3)4)10-18-14(20)16-8-6-5-7-13(16)9-17-11-16;;/h13,17H,5-12H2,1-4H3,(H,18,20);2*1H/t13-,16+;;/m0../s1. The van der Waals surface area contributed by atoms with E-state index in [9.17, 15) is 4.79 Å². The molecule has 0 aromatic rings. The van der Waals surface area contributed by atoms with Gasteiger partial charge in [-0.3, -0.25) is 4.79 Å². The molecule has 6 heteroatoms. The molecule has 0 unspecified atom stereocenters. The number of rotatable bonds is 5. The number of nitrogens with zero attached hydrogens (tertiary/aromatic N) is 1. The molecule has 2 fully saturated rings. The third-order valence-electron chi connectivity index (χ3n) is 4.96. The van der Waals surface area contributed by atoms with E-state index in [1.807, 2.05) is 0 Å². The Morgan fingerprint density at radius 1 is 1.32 bits per heavy atom. The molecule has 1 aliphatic heterocycles. The number of amides is 1. The average molecular weight is 354 g/mol. The van der Waals surface area contributed by atoms with Crippen LogP contribution in [0.2, 0.25) is 0 Å². The molecule has 4 nitrogen and oxygen atoms in total. The van der Waals surface area contributed by atoms with Crippen LogP contribution in [0.3, 0.4) is 0 Å². The molecule has 0 radical (unpaired) electrons. The van der Waals surface area contributed by atoms with E-state index in [1.165, 1.54) is 19.3 Å². The van der Waals surface area contributed by atoms with Crippen molar-refractivity contribution in [1.29, 1.82) is 0 Å². The predicted octanol–water partition coefficient (Wildman–Crippen LogP) is 2.31. The second kappa shape index (κ2) is 8.72. The Balaban J connectivity index is 0.00000220. The van der Waals surface area contributed by atoms with E-state index in [2.05, 4.69) is 43.5 Å². The zero-order valence-electron chi connectivity index (χ0n) is 14.4. The number of nitrogens with one attached hydrogen (secondary N) is 2. The minimum atomic E-state index is -0.119. The number of carbonyl (C=O) groups excluding carboxylic acids is 1. The van der Waals surface area contributed by atoms with Crippen molar-refractivity contribution in [2.45, 2.75) is 39.5 Å². The topological polar surface area (TPSA) is 44.4 Å². The van der Waals surface area contributed by atoms with Crippen molar-refractivity contribution in [3.05, 3.63) is 0 Å². The minimum Gasteiger partial charge on any atom is -0.355 e. The van der Waals surface area contributed by atoms with E-state index < -0.39 is 0 Å². The van der Waals surface area contributed by atoms with Crippen molar-refractivity contribution in [2.75, 3.05) is 40.3 Å². The zero-order valence-corrected chi connectivity index (χ0v) is 16.0. The lowest BCUT2D eigenvalue weighted by Gasteiger charge is -2.38. The van der Waals surface area contributed by atoms with Crippen molar-refractivity contribution in [2.24, 2.45) is 16.7 Å². The largest absolute Gasteiger partial charge is 0.355 e. The monoisotopic (exact) mass is 353 g/mol. The van der Waals surface area contributed by atoms with E-state index >= 15 is 0 Å². The van der Waals surface area contributed by atoms with Crippen LogP contribution in [-0.2, 0) is 4.79 Å². The quantitative estimate of drug-likeness (QED) is 0.796. The molecule has 1 saturated carbocycles. The molecule has 22 heavy (non-hydrogen) atoms. The van der Waals surface area contributed by atoms with Gasteiger partial charge in [-0.2, -0.15) is 0 Å². The molecule has 1 heterocycles. The van der Waals surface area contributed by atoms with Crippen LogP contribution in [0.15, 0.2) is 0 Å². The van der Waals surface area contributed by atoms with Crippen molar-refractivity contribution in [3.63, 3.8) is 0 Å². The Hall–Kier alpha value is -0.0300. The molecule has 0 aromatic carbocycles. The van der Waals surface area contributed by atoms with E-state index in [1.54, 1.807) is 0 Å². The van der Waals surface area contributed by atoms with Gasteiger partial charge in [0.05, 0.1) is 5.41 Å². The molecule has 1 saturated heterocycles. The van der Waals surface area contributed by atoms with Gasteiger partial charge in [0.25, 0.3) is 0 Å². The SMILES string of the molecule is CN(C)CC(C)(C)CNC(=O)[C@@]12CCCC[C@H]1CNC2.Cl.Cl. The van der Waals surface area contributed by atoms with Gasteiger partial charge in [0.15, 0.2) is 0 Å². The number of hydrogen-bond donors (Lipinski definition) is 2. The summed E-state index contributed by atoms with van der Waals surface area (Å²) >= 11 is 0. The van der Waals surface area contributed by atoms with E-state index in [0.29, 0.717) is 11.8 Å². The van der Waals surface area contributed by atoms with Gasteiger partial charge in [0.2, 0.25) is 5.91 Å². The summed E-state index contributed by atoms with van der Waals surface area (Å²) in [6, 6.07) is 0. The maximum absolute atomic E-state index is 12.8. The van der Waals surface area contributed by atoms with Gasteiger partial charge >= 0.3 is 0 Å². The molecular weight excluding hydrogens is 321 g/mol. The number of fused-ring (bicyclic) bond motifs is 1.